The molecule has 0 saturated carbocycles. The van der Waals surface area contributed by atoms with Crippen molar-refractivity contribution in [3.8, 4) is 0 Å². The Balaban J connectivity index is 1.51. The first-order valence-corrected chi connectivity index (χ1v) is 12.5. The van der Waals surface area contributed by atoms with E-state index in [9.17, 15) is 9.59 Å². The number of unbranched alkanes of at least 4 members (excludes halogenated alkanes) is 2. The fourth-order valence-corrected chi connectivity index (χ4v) is 4.67. The number of aliphatic carboxylic acids is 1. The zero-order valence-corrected chi connectivity index (χ0v) is 19.9. The highest BCUT2D eigenvalue weighted by Crippen LogP contribution is 2.26. The Bertz CT molecular complexity index is 858. The molecule has 2 aromatic rings. The van der Waals surface area contributed by atoms with Crippen LogP contribution in [-0.4, -0.2) is 47.6 Å². The van der Waals surface area contributed by atoms with Crippen LogP contribution in [0.1, 0.15) is 63.0 Å². The van der Waals surface area contributed by atoms with Crippen molar-refractivity contribution in [3.05, 3.63) is 65.7 Å². The van der Waals surface area contributed by atoms with Crippen LogP contribution in [0.25, 0.3) is 0 Å². The number of amides is 1. The average Bonchev–Trinajstić information content (AvgIpc) is 2.84. The summed E-state index contributed by atoms with van der Waals surface area (Å²) in [5, 5.41) is 8.74. The molecular weight excluding hydrogens is 412 g/mol. The molecule has 2 aromatic carbocycles. The molecule has 3 rings (SSSR count). The van der Waals surface area contributed by atoms with Crippen LogP contribution in [0, 0.1) is 0 Å². The van der Waals surface area contributed by atoms with Gasteiger partial charge in [0.15, 0.2) is 0 Å². The molecule has 1 N–H and O–H groups in total. The van der Waals surface area contributed by atoms with E-state index in [1.54, 1.807) is 0 Å². The Labute approximate surface area is 198 Å². The zero-order valence-electron chi connectivity index (χ0n) is 19.9. The van der Waals surface area contributed by atoms with Crippen LogP contribution >= 0.6 is 0 Å². The molecule has 1 aliphatic heterocycles. The molecule has 1 heterocycles. The van der Waals surface area contributed by atoms with Crippen molar-refractivity contribution in [2.24, 2.45) is 0 Å². The summed E-state index contributed by atoms with van der Waals surface area (Å²) in [6.45, 7) is 5.06. The molecule has 1 saturated heterocycles. The van der Waals surface area contributed by atoms with Gasteiger partial charge < -0.3 is 14.9 Å². The topological polar surface area (TPSA) is 60.9 Å². The fraction of sp³-hybridized carbons (Fsp3) is 0.500. The molecule has 5 heteroatoms. The maximum Gasteiger partial charge on any atom is 0.303 e. The molecule has 0 bridgehead atoms. The first-order valence-electron chi connectivity index (χ1n) is 12.5. The normalized spacial score (nSPS) is 14.8. The third-order valence-electron chi connectivity index (χ3n) is 6.62. The molecule has 0 unspecified atom stereocenters. The number of piperidine rings is 1. The molecular formula is C28H38N2O3. The summed E-state index contributed by atoms with van der Waals surface area (Å²) in [4.78, 5) is 28.0. The van der Waals surface area contributed by atoms with E-state index in [0.29, 0.717) is 6.42 Å². The SMILES string of the molecule is CCC(=O)N(c1ccc(CCCCCC(=O)O)cc1)C1CCN(CCc2ccccc2)CC1. The number of carboxylic acid groups (broad SMARTS) is 1. The standard InChI is InChI=1S/C28H38N2O3/c1-2-27(31)30(25-15-13-24(14-16-25)11-7-4-8-12-28(32)33)26-18-21-29(22-19-26)20-17-23-9-5-3-6-10-23/h3,5-6,9-10,13-16,26H,2,4,7-8,11-12,17-22H2,1H3,(H,32,33). The number of carbonyl (C=O) groups is 2. The van der Waals surface area contributed by atoms with Gasteiger partial charge in [-0.05, 0) is 61.8 Å². The third kappa shape index (κ3) is 8.01. The van der Waals surface area contributed by atoms with Gasteiger partial charge in [0.05, 0.1) is 0 Å². The lowest BCUT2D eigenvalue weighted by molar-refractivity contribution is -0.137. The largest absolute Gasteiger partial charge is 0.481 e. The van der Waals surface area contributed by atoms with Gasteiger partial charge in [0.1, 0.15) is 0 Å². The van der Waals surface area contributed by atoms with Gasteiger partial charge >= 0.3 is 5.97 Å². The number of benzene rings is 2. The van der Waals surface area contributed by atoms with E-state index >= 15 is 0 Å². The minimum Gasteiger partial charge on any atom is -0.481 e. The Morgan fingerprint density at radius 3 is 2.21 bits per heavy atom. The summed E-state index contributed by atoms with van der Waals surface area (Å²) in [6.07, 6.45) is 7.44. The van der Waals surface area contributed by atoms with Gasteiger partial charge in [-0.3, -0.25) is 9.59 Å². The number of carboxylic acids is 1. The van der Waals surface area contributed by atoms with Gasteiger partial charge in [-0.15, -0.1) is 0 Å². The average molecular weight is 451 g/mol. The first-order chi connectivity index (χ1) is 16.1. The van der Waals surface area contributed by atoms with E-state index in [-0.39, 0.29) is 18.4 Å². The van der Waals surface area contributed by atoms with Gasteiger partial charge in [0.2, 0.25) is 5.91 Å². The maximum atomic E-state index is 12.9. The third-order valence-corrected chi connectivity index (χ3v) is 6.62. The second-order valence-electron chi connectivity index (χ2n) is 9.05. The van der Waals surface area contributed by atoms with Gasteiger partial charge in [-0.25, -0.2) is 0 Å². The number of aryl methyl sites for hydroxylation is 1. The molecule has 0 atom stereocenters. The van der Waals surface area contributed by atoms with Crippen molar-refractivity contribution in [1.29, 1.82) is 0 Å². The molecule has 5 nitrogen and oxygen atoms in total. The molecule has 1 fully saturated rings. The van der Waals surface area contributed by atoms with Gasteiger partial charge in [0, 0.05) is 44.2 Å². The Kier molecular flexibility index (Phi) is 9.95. The van der Waals surface area contributed by atoms with Crippen LogP contribution in [0.2, 0.25) is 0 Å². The lowest BCUT2D eigenvalue weighted by Crippen LogP contribution is -2.47. The summed E-state index contributed by atoms with van der Waals surface area (Å²) < 4.78 is 0. The van der Waals surface area contributed by atoms with E-state index in [0.717, 1.165) is 70.3 Å². The molecule has 0 radical (unpaired) electrons. The minimum atomic E-state index is -0.720. The lowest BCUT2D eigenvalue weighted by atomic mass is 10.00. The monoisotopic (exact) mass is 450 g/mol. The summed E-state index contributed by atoms with van der Waals surface area (Å²) in [6, 6.07) is 19.3. The second-order valence-corrected chi connectivity index (χ2v) is 9.05. The lowest BCUT2D eigenvalue weighted by Gasteiger charge is -2.38. The summed E-state index contributed by atoms with van der Waals surface area (Å²) in [5.74, 6) is -0.527. The molecule has 33 heavy (non-hydrogen) atoms. The highest BCUT2D eigenvalue weighted by atomic mass is 16.4. The van der Waals surface area contributed by atoms with E-state index < -0.39 is 5.97 Å². The Morgan fingerprint density at radius 2 is 1.58 bits per heavy atom. The van der Waals surface area contributed by atoms with E-state index in [4.69, 9.17) is 5.11 Å². The van der Waals surface area contributed by atoms with E-state index in [1.165, 1.54) is 11.1 Å². The van der Waals surface area contributed by atoms with Crippen LogP contribution in [-0.2, 0) is 22.4 Å². The molecule has 0 aliphatic carbocycles. The van der Waals surface area contributed by atoms with Crippen molar-refractivity contribution >= 4 is 17.6 Å². The summed E-state index contributed by atoms with van der Waals surface area (Å²) >= 11 is 0. The number of hydrogen-bond acceptors (Lipinski definition) is 3. The minimum absolute atomic E-state index is 0.194. The van der Waals surface area contributed by atoms with Crippen molar-refractivity contribution < 1.29 is 14.7 Å². The molecule has 1 amide bonds. The Morgan fingerprint density at radius 1 is 0.909 bits per heavy atom. The zero-order chi connectivity index (χ0) is 23.5. The van der Waals surface area contributed by atoms with Crippen molar-refractivity contribution in [2.45, 2.75) is 70.8 Å². The molecule has 0 spiro atoms. The van der Waals surface area contributed by atoms with Crippen LogP contribution in [0.4, 0.5) is 5.69 Å². The van der Waals surface area contributed by atoms with Crippen molar-refractivity contribution in [3.63, 3.8) is 0 Å². The smallest absolute Gasteiger partial charge is 0.303 e. The predicted molar refractivity (Wildman–Crippen MR) is 134 cm³/mol. The van der Waals surface area contributed by atoms with Crippen LogP contribution in [0.5, 0.6) is 0 Å². The number of carbonyl (C=O) groups excluding carboxylic acids is 1. The summed E-state index contributed by atoms with van der Waals surface area (Å²) in [7, 11) is 0. The van der Waals surface area contributed by atoms with Crippen molar-refractivity contribution in [1.82, 2.24) is 4.90 Å². The van der Waals surface area contributed by atoms with Crippen LogP contribution < -0.4 is 4.90 Å². The van der Waals surface area contributed by atoms with Crippen molar-refractivity contribution in [2.75, 3.05) is 24.5 Å². The molecule has 178 valence electrons. The second kappa shape index (κ2) is 13.1. The number of anilines is 1. The van der Waals surface area contributed by atoms with Gasteiger partial charge in [-0.1, -0.05) is 55.8 Å². The highest BCUT2D eigenvalue weighted by Gasteiger charge is 2.28. The first kappa shape index (κ1) is 25.0. The van der Waals surface area contributed by atoms with E-state index in [1.807, 2.05) is 11.8 Å². The van der Waals surface area contributed by atoms with Gasteiger partial charge in [-0.2, -0.15) is 0 Å². The maximum absolute atomic E-state index is 12.9. The van der Waals surface area contributed by atoms with Crippen LogP contribution in [0.3, 0.4) is 0 Å². The number of likely N-dealkylation sites (tertiary alicyclic amines) is 1. The molecule has 0 aromatic heterocycles. The number of hydrogen-bond donors (Lipinski definition) is 1. The number of rotatable bonds is 12. The highest BCUT2D eigenvalue weighted by molar-refractivity contribution is 5.93. The predicted octanol–water partition coefficient (Wildman–Crippen LogP) is 5.32. The number of nitrogens with zero attached hydrogens (tertiary/aromatic N) is 2. The van der Waals surface area contributed by atoms with E-state index in [2.05, 4.69) is 59.5 Å². The van der Waals surface area contributed by atoms with Gasteiger partial charge in [0.25, 0.3) is 0 Å². The molecule has 1 aliphatic rings. The summed E-state index contributed by atoms with van der Waals surface area (Å²) in [5.41, 5.74) is 3.62. The quantitative estimate of drug-likeness (QED) is 0.444. The Hall–Kier alpha value is -2.66. The fourth-order valence-electron chi connectivity index (χ4n) is 4.67. The van der Waals surface area contributed by atoms with Crippen LogP contribution in [0.15, 0.2) is 54.6 Å².